The number of urea groups is 1. The number of ether oxygens (including phenoxy) is 2. The first-order valence-corrected chi connectivity index (χ1v) is 9.61. The van der Waals surface area contributed by atoms with Gasteiger partial charge in [0.1, 0.15) is 5.75 Å². The number of hydrogen-bond donors (Lipinski definition) is 1. The summed E-state index contributed by atoms with van der Waals surface area (Å²) in [7, 11) is 0. The standard InChI is InChI=1S/C20H30N2O3/c1-3-24-16-11-13-22(14-12-16)20(23)21-18-9-6-10-19(15(18)2)25-17-7-4-5-8-17/h6,9-10,16-17H,3-5,7-8,11-14H2,1-2H3,(H,21,23). The zero-order valence-electron chi connectivity index (χ0n) is 15.4. The first kappa shape index (κ1) is 18.1. The van der Waals surface area contributed by atoms with Gasteiger partial charge in [-0.2, -0.15) is 0 Å². The number of piperidine rings is 1. The minimum Gasteiger partial charge on any atom is -0.490 e. The molecule has 138 valence electrons. The molecule has 1 heterocycles. The molecule has 2 amide bonds. The lowest BCUT2D eigenvalue weighted by Crippen LogP contribution is -2.43. The largest absolute Gasteiger partial charge is 0.490 e. The fourth-order valence-corrected chi connectivity index (χ4v) is 3.72. The molecule has 0 atom stereocenters. The van der Waals surface area contributed by atoms with Crippen molar-refractivity contribution in [3.63, 3.8) is 0 Å². The van der Waals surface area contributed by atoms with Gasteiger partial charge in [0.05, 0.1) is 12.2 Å². The van der Waals surface area contributed by atoms with Crippen LogP contribution in [0.3, 0.4) is 0 Å². The van der Waals surface area contributed by atoms with Crippen molar-refractivity contribution in [2.24, 2.45) is 0 Å². The van der Waals surface area contributed by atoms with Crippen LogP contribution in [-0.4, -0.2) is 42.8 Å². The highest BCUT2D eigenvalue weighted by Gasteiger charge is 2.24. The van der Waals surface area contributed by atoms with Crippen molar-refractivity contribution in [1.82, 2.24) is 4.90 Å². The van der Waals surface area contributed by atoms with Crippen LogP contribution in [-0.2, 0) is 4.74 Å². The molecule has 2 fully saturated rings. The Labute approximate surface area is 150 Å². The maximum Gasteiger partial charge on any atom is 0.321 e. The van der Waals surface area contributed by atoms with E-state index in [1.165, 1.54) is 12.8 Å². The molecule has 1 N–H and O–H groups in total. The van der Waals surface area contributed by atoms with Crippen LogP contribution in [0.2, 0.25) is 0 Å². The van der Waals surface area contributed by atoms with Gasteiger partial charge < -0.3 is 19.7 Å². The van der Waals surface area contributed by atoms with Gasteiger partial charge in [0, 0.05) is 30.9 Å². The number of benzene rings is 1. The molecule has 0 aromatic heterocycles. The number of rotatable bonds is 5. The molecule has 1 aliphatic carbocycles. The van der Waals surface area contributed by atoms with E-state index in [4.69, 9.17) is 9.47 Å². The molecule has 25 heavy (non-hydrogen) atoms. The number of amides is 2. The smallest absolute Gasteiger partial charge is 0.321 e. The van der Waals surface area contributed by atoms with E-state index in [-0.39, 0.29) is 6.03 Å². The first-order valence-electron chi connectivity index (χ1n) is 9.61. The van der Waals surface area contributed by atoms with E-state index in [1.807, 2.05) is 36.9 Å². The monoisotopic (exact) mass is 346 g/mol. The average Bonchev–Trinajstić information content (AvgIpc) is 3.12. The van der Waals surface area contributed by atoms with Crippen molar-refractivity contribution >= 4 is 11.7 Å². The van der Waals surface area contributed by atoms with E-state index in [0.717, 1.165) is 62.4 Å². The highest BCUT2D eigenvalue weighted by molar-refractivity contribution is 5.90. The van der Waals surface area contributed by atoms with Crippen LogP contribution >= 0.6 is 0 Å². The van der Waals surface area contributed by atoms with E-state index in [2.05, 4.69) is 5.32 Å². The quantitative estimate of drug-likeness (QED) is 0.862. The SMILES string of the molecule is CCOC1CCN(C(=O)Nc2cccc(OC3CCCC3)c2C)CC1. The Kier molecular flexibility index (Phi) is 6.19. The summed E-state index contributed by atoms with van der Waals surface area (Å²) in [4.78, 5) is 14.4. The maximum atomic E-state index is 12.6. The summed E-state index contributed by atoms with van der Waals surface area (Å²) in [6, 6.07) is 5.86. The van der Waals surface area contributed by atoms with E-state index in [9.17, 15) is 4.79 Å². The van der Waals surface area contributed by atoms with Crippen LogP contribution in [0.4, 0.5) is 10.5 Å². The second kappa shape index (κ2) is 8.56. The van der Waals surface area contributed by atoms with Crippen molar-refractivity contribution in [2.75, 3.05) is 25.0 Å². The number of carbonyl (C=O) groups is 1. The number of nitrogens with one attached hydrogen (secondary N) is 1. The van der Waals surface area contributed by atoms with Gasteiger partial charge in [-0.05, 0) is 64.5 Å². The number of nitrogens with zero attached hydrogens (tertiary/aromatic N) is 1. The summed E-state index contributed by atoms with van der Waals surface area (Å²) in [6.07, 6.45) is 7.18. The molecule has 0 bridgehead atoms. The predicted molar refractivity (Wildman–Crippen MR) is 99.3 cm³/mol. The molecule has 0 radical (unpaired) electrons. The Bertz CT molecular complexity index is 576. The van der Waals surface area contributed by atoms with Crippen molar-refractivity contribution < 1.29 is 14.3 Å². The normalized spacial score (nSPS) is 19.2. The summed E-state index contributed by atoms with van der Waals surface area (Å²) < 4.78 is 11.8. The van der Waals surface area contributed by atoms with E-state index < -0.39 is 0 Å². The molecule has 1 saturated carbocycles. The van der Waals surface area contributed by atoms with Crippen molar-refractivity contribution in [2.45, 2.75) is 64.6 Å². The fraction of sp³-hybridized carbons (Fsp3) is 0.650. The maximum absolute atomic E-state index is 12.6. The zero-order valence-corrected chi connectivity index (χ0v) is 15.4. The van der Waals surface area contributed by atoms with Crippen LogP contribution < -0.4 is 10.1 Å². The van der Waals surface area contributed by atoms with E-state index >= 15 is 0 Å². The second-order valence-corrected chi connectivity index (χ2v) is 7.02. The Morgan fingerprint density at radius 2 is 1.88 bits per heavy atom. The molecule has 5 nitrogen and oxygen atoms in total. The van der Waals surface area contributed by atoms with Gasteiger partial charge in [-0.25, -0.2) is 4.79 Å². The van der Waals surface area contributed by atoms with Gasteiger partial charge in [0.25, 0.3) is 0 Å². The van der Waals surface area contributed by atoms with Gasteiger partial charge in [0.2, 0.25) is 0 Å². The lowest BCUT2D eigenvalue weighted by atomic mass is 10.1. The van der Waals surface area contributed by atoms with Gasteiger partial charge >= 0.3 is 6.03 Å². The summed E-state index contributed by atoms with van der Waals surface area (Å²) in [6.45, 7) is 6.26. The Hall–Kier alpha value is -1.75. The van der Waals surface area contributed by atoms with Crippen molar-refractivity contribution in [3.8, 4) is 5.75 Å². The zero-order chi connectivity index (χ0) is 17.6. The van der Waals surface area contributed by atoms with Crippen LogP contribution in [0.5, 0.6) is 5.75 Å². The molecule has 1 aliphatic heterocycles. The summed E-state index contributed by atoms with van der Waals surface area (Å²) in [5, 5.41) is 3.06. The minimum atomic E-state index is -0.0314. The van der Waals surface area contributed by atoms with Gasteiger partial charge in [-0.15, -0.1) is 0 Å². The van der Waals surface area contributed by atoms with Crippen LogP contribution in [0.25, 0.3) is 0 Å². The van der Waals surface area contributed by atoms with Crippen molar-refractivity contribution in [3.05, 3.63) is 23.8 Å². The van der Waals surface area contributed by atoms with Crippen molar-refractivity contribution in [1.29, 1.82) is 0 Å². The van der Waals surface area contributed by atoms with E-state index in [0.29, 0.717) is 12.2 Å². The minimum absolute atomic E-state index is 0.0314. The number of carbonyl (C=O) groups excluding carboxylic acids is 1. The summed E-state index contributed by atoms with van der Waals surface area (Å²) in [5.41, 5.74) is 1.85. The second-order valence-electron chi connectivity index (χ2n) is 7.02. The summed E-state index contributed by atoms with van der Waals surface area (Å²) >= 11 is 0. The highest BCUT2D eigenvalue weighted by atomic mass is 16.5. The van der Waals surface area contributed by atoms with Gasteiger partial charge in [0.15, 0.2) is 0 Å². The topological polar surface area (TPSA) is 50.8 Å². The summed E-state index contributed by atoms with van der Waals surface area (Å²) in [5.74, 6) is 0.889. The Morgan fingerprint density at radius 3 is 2.56 bits per heavy atom. The number of anilines is 1. The molecule has 1 aromatic rings. The third-order valence-corrected chi connectivity index (χ3v) is 5.25. The molecular weight excluding hydrogens is 316 g/mol. The van der Waals surface area contributed by atoms with Gasteiger partial charge in [-0.1, -0.05) is 6.07 Å². The Balaban J connectivity index is 1.58. The first-order chi connectivity index (χ1) is 12.2. The average molecular weight is 346 g/mol. The molecular formula is C20H30N2O3. The molecule has 3 rings (SSSR count). The number of hydrogen-bond acceptors (Lipinski definition) is 3. The van der Waals surface area contributed by atoms with E-state index in [1.54, 1.807) is 0 Å². The third-order valence-electron chi connectivity index (χ3n) is 5.25. The molecule has 5 heteroatoms. The lowest BCUT2D eigenvalue weighted by Gasteiger charge is -2.32. The molecule has 0 spiro atoms. The molecule has 1 aromatic carbocycles. The molecule has 2 aliphatic rings. The third kappa shape index (κ3) is 4.66. The molecule has 0 unspecified atom stereocenters. The lowest BCUT2D eigenvalue weighted by molar-refractivity contribution is 0.0232. The predicted octanol–water partition coefficient (Wildman–Crippen LogP) is 4.35. The Morgan fingerprint density at radius 1 is 1.16 bits per heavy atom. The van der Waals surface area contributed by atoms with Crippen LogP contribution in [0, 0.1) is 6.92 Å². The fourth-order valence-electron chi connectivity index (χ4n) is 3.72. The molecule has 1 saturated heterocycles. The van der Waals surface area contributed by atoms with Crippen LogP contribution in [0.1, 0.15) is 51.0 Å². The van der Waals surface area contributed by atoms with Crippen LogP contribution in [0.15, 0.2) is 18.2 Å². The number of likely N-dealkylation sites (tertiary alicyclic amines) is 1. The van der Waals surface area contributed by atoms with Gasteiger partial charge in [-0.3, -0.25) is 0 Å². The highest BCUT2D eigenvalue weighted by Crippen LogP contribution is 2.30.